The Morgan fingerprint density at radius 1 is 1.04 bits per heavy atom. The summed E-state index contributed by atoms with van der Waals surface area (Å²) in [6.45, 7) is 1.01. The zero-order valence-electron chi connectivity index (χ0n) is 15.6. The van der Waals surface area contributed by atoms with Crippen LogP contribution in [0.1, 0.15) is 36.0 Å². The van der Waals surface area contributed by atoms with Crippen molar-refractivity contribution in [1.29, 1.82) is 0 Å². The second-order valence-corrected chi connectivity index (χ2v) is 7.25. The van der Waals surface area contributed by atoms with Crippen LogP contribution in [0.3, 0.4) is 0 Å². The van der Waals surface area contributed by atoms with Crippen LogP contribution in [0.15, 0.2) is 59.7 Å². The molecule has 136 valence electrons. The summed E-state index contributed by atoms with van der Waals surface area (Å²) in [4.78, 5) is 2.21. The second-order valence-electron chi connectivity index (χ2n) is 7.25. The van der Waals surface area contributed by atoms with Gasteiger partial charge in [-0.1, -0.05) is 47.6 Å². The number of benzene rings is 2. The first-order valence-corrected chi connectivity index (χ1v) is 9.09. The first-order valence-electron chi connectivity index (χ1n) is 9.09. The number of rotatable bonds is 5. The van der Waals surface area contributed by atoms with Crippen LogP contribution in [0.25, 0.3) is 11.6 Å². The predicted octanol–water partition coefficient (Wildman–Crippen LogP) is 4.47. The monoisotopic (exact) mass is 349 g/mol. The van der Waals surface area contributed by atoms with Crippen molar-refractivity contribution < 1.29 is 10.2 Å². The molecule has 26 heavy (non-hydrogen) atoms. The van der Waals surface area contributed by atoms with Crippen LogP contribution in [-0.2, 0) is 6.61 Å². The molecule has 0 amide bonds. The lowest BCUT2D eigenvalue weighted by Gasteiger charge is -2.25. The highest BCUT2D eigenvalue weighted by molar-refractivity contribution is 5.75. The van der Waals surface area contributed by atoms with E-state index in [2.05, 4.69) is 37.2 Å². The summed E-state index contributed by atoms with van der Waals surface area (Å²) in [6, 6.07) is 15.6. The number of nitrogens with zero attached hydrogens (tertiary/aromatic N) is 1. The largest absolute Gasteiger partial charge is 0.508 e. The van der Waals surface area contributed by atoms with Crippen molar-refractivity contribution in [2.45, 2.75) is 25.9 Å². The Hall–Kier alpha value is -2.36. The lowest BCUT2D eigenvalue weighted by Crippen LogP contribution is -2.18. The molecular weight excluding hydrogens is 322 g/mol. The normalized spacial score (nSPS) is 16.5. The van der Waals surface area contributed by atoms with Gasteiger partial charge in [-0.2, -0.15) is 0 Å². The summed E-state index contributed by atoms with van der Waals surface area (Å²) in [6.07, 6.45) is 5.23. The molecule has 3 heteroatoms. The fourth-order valence-electron chi connectivity index (χ4n) is 3.60. The number of aromatic hydroxyl groups is 1. The number of aliphatic hydroxyl groups excluding tert-OH is 1. The third kappa shape index (κ3) is 4.63. The van der Waals surface area contributed by atoms with Crippen LogP contribution in [-0.4, -0.2) is 35.8 Å². The van der Waals surface area contributed by atoms with Crippen molar-refractivity contribution in [3.63, 3.8) is 0 Å². The molecule has 0 heterocycles. The minimum Gasteiger partial charge on any atom is -0.508 e. The van der Waals surface area contributed by atoms with Crippen molar-refractivity contribution in [2.24, 2.45) is 0 Å². The van der Waals surface area contributed by atoms with Gasteiger partial charge in [-0.15, -0.1) is 0 Å². The molecule has 0 aromatic heterocycles. The van der Waals surface area contributed by atoms with Crippen LogP contribution in [0.2, 0.25) is 0 Å². The number of allylic oxidation sites excluding steroid dienone is 2. The highest BCUT2D eigenvalue weighted by Crippen LogP contribution is 2.37. The van der Waals surface area contributed by atoms with E-state index in [4.69, 9.17) is 0 Å². The van der Waals surface area contributed by atoms with Gasteiger partial charge in [0.1, 0.15) is 5.75 Å². The van der Waals surface area contributed by atoms with Crippen molar-refractivity contribution in [3.05, 3.63) is 76.4 Å². The van der Waals surface area contributed by atoms with E-state index in [1.54, 1.807) is 6.07 Å². The van der Waals surface area contributed by atoms with E-state index in [9.17, 15) is 10.2 Å². The van der Waals surface area contributed by atoms with Gasteiger partial charge in [0.2, 0.25) is 0 Å². The quantitative estimate of drug-likeness (QED) is 0.837. The Labute approximate surface area is 155 Å². The highest BCUT2D eigenvalue weighted by Gasteiger charge is 2.18. The van der Waals surface area contributed by atoms with Crippen LogP contribution < -0.4 is 0 Å². The first kappa shape index (κ1) is 18.4. The minimum absolute atomic E-state index is 0.0679. The maximum atomic E-state index is 9.90. The maximum absolute atomic E-state index is 9.90. The van der Waals surface area contributed by atoms with Crippen LogP contribution in [0.4, 0.5) is 0 Å². The zero-order chi connectivity index (χ0) is 18.5. The van der Waals surface area contributed by atoms with E-state index in [1.807, 2.05) is 30.3 Å². The molecule has 0 unspecified atom stereocenters. The van der Waals surface area contributed by atoms with Crippen LogP contribution in [0, 0.1) is 0 Å². The van der Waals surface area contributed by atoms with Crippen LogP contribution >= 0.6 is 0 Å². The molecule has 1 aliphatic carbocycles. The summed E-state index contributed by atoms with van der Waals surface area (Å²) in [5, 5.41) is 19.2. The van der Waals surface area contributed by atoms with Gasteiger partial charge in [0, 0.05) is 6.54 Å². The molecule has 0 radical (unpaired) electrons. The average Bonchev–Trinajstić information content (AvgIpc) is 2.63. The van der Waals surface area contributed by atoms with Gasteiger partial charge in [-0.25, -0.2) is 0 Å². The molecule has 0 bridgehead atoms. The maximum Gasteiger partial charge on any atom is 0.116 e. The van der Waals surface area contributed by atoms with Gasteiger partial charge in [0.05, 0.1) is 6.61 Å². The molecule has 2 aromatic rings. The SMILES string of the molecule is CN(C)CC1=C(c2cccc(O)c2)C/C(=C\c2cccc(CO)c2)CC1. The van der Waals surface area contributed by atoms with E-state index < -0.39 is 0 Å². The van der Waals surface area contributed by atoms with Gasteiger partial charge in [0.15, 0.2) is 0 Å². The summed E-state index contributed by atoms with van der Waals surface area (Å²) in [5.41, 5.74) is 7.34. The molecule has 2 aromatic carbocycles. The average molecular weight is 349 g/mol. The number of hydrogen-bond donors (Lipinski definition) is 2. The first-order chi connectivity index (χ1) is 12.5. The Morgan fingerprint density at radius 2 is 1.85 bits per heavy atom. The molecule has 2 N–H and O–H groups in total. The van der Waals surface area contributed by atoms with Gasteiger partial charge >= 0.3 is 0 Å². The highest BCUT2D eigenvalue weighted by atomic mass is 16.3. The number of likely N-dealkylation sites (N-methyl/N-ethyl adjacent to an activating group) is 1. The third-order valence-corrected chi connectivity index (χ3v) is 4.78. The standard InChI is InChI=1S/C23H27NO2/c1-24(2)15-21-10-9-18(11-17-5-3-6-19(12-17)16-25)13-23(21)20-7-4-8-22(26)14-20/h3-8,11-12,14,25-26H,9-10,13,15-16H2,1-2H3/b18-11-. The Morgan fingerprint density at radius 3 is 2.58 bits per heavy atom. The Bertz CT molecular complexity index is 834. The number of aliphatic hydroxyl groups is 1. The molecule has 3 nitrogen and oxygen atoms in total. The Kier molecular flexibility index (Phi) is 5.92. The van der Waals surface area contributed by atoms with Gasteiger partial charge in [0.25, 0.3) is 0 Å². The fourth-order valence-corrected chi connectivity index (χ4v) is 3.60. The van der Waals surface area contributed by atoms with E-state index in [1.165, 1.54) is 16.7 Å². The molecule has 0 atom stereocenters. The van der Waals surface area contributed by atoms with E-state index in [0.29, 0.717) is 5.75 Å². The van der Waals surface area contributed by atoms with Gasteiger partial charge in [-0.05, 0) is 73.8 Å². The molecule has 0 aliphatic heterocycles. The predicted molar refractivity (Wildman–Crippen MR) is 108 cm³/mol. The smallest absolute Gasteiger partial charge is 0.116 e. The lowest BCUT2D eigenvalue weighted by atomic mass is 9.83. The lowest BCUT2D eigenvalue weighted by molar-refractivity contribution is 0.282. The van der Waals surface area contributed by atoms with E-state index >= 15 is 0 Å². The van der Waals surface area contributed by atoms with E-state index in [-0.39, 0.29) is 6.61 Å². The molecule has 3 rings (SSSR count). The van der Waals surface area contributed by atoms with Crippen LogP contribution in [0.5, 0.6) is 5.75 Å². The number of hydrogen-bond acceptors (Lipinski definition) is 3. The summed E-state index contributed by atoms with van der Waals surface area (Å²) in [5.74, 6) is 0.311. The zero-order valence-corrected chi connectivity index (χ0v) is 15.6. The fraction of sp³-hybridized carbons (Fsp3) is 0.304. The number of phenolic OH excluding ortho intramolecular Hbond substituents is 1. The topological polar surface area (TPSA) is 43.7 Å². The Balaban J connectivity index is 1.94. The molecule has 0 fully saturated rings. The molecule has 0 saturated carbocycles. The van der Waals surface area contributed by atoms with E-state index in [0.717, 1.165) is 42.5 Å². The van der Waals surface area contributed by atoms with Gasteiger partial charge < -0.3 is 15.1 Å². The summed E-state index contributed by atoms with van der Waals surface area (Å²) >= 11 is 0. The van der Waals surface area contributed by atoms with Gasteiger partial charge in [-0.3, -0.25) is 0 Å². The van der Waals surface area contributed by atoms with Crippen molar-refractivity contribution in [3.8, 4) is 5.75 Å². The van der Waals surface area contributed by atoms with Crippen molar-refractivity contribution in [2.75, 3.05) is 20.6 Å². The number of phenols is 1. The van der Waals surface area contributed by atoms with Crippen molar-refractivity contribution in [1.82, 2.24) is 4.90 Å². The molecule has 0 saturated heterocycles. The minimum atomic E-state index is 0.0679. The summed E-state index contributed by atoms with van der Waals surface area (Å²) in [7, 11) is 4.19. The molecule has 1 aliphatic rings. The van der Waals surface area contributed by atoms with Crippen molar-refractivity contribution >= 4 is 11.6 Å². The molecular formula is C23H27NO2. The summed E-state index contributed by atoms with van der Waals surface area (Å²) < 4.78 is 0. The molecule has 0 spiro atoms. The second kappa shape index (κ2) is 8.35. The third-order valence-electron chi connectivity index (χ3n) is 4.78.